The molecular weight excluding hydrogens is 525 g/mol. The minimum Gasteiger partial charge on any atom is -0.393 e. The van der Waals surface area contributed by atoms with Crippen molar-refractivity contribution in [1.82, 2.24) is 19.8 Å². The Bertz CT molecular complexity index is 1220. The summed E-state index contributed by atoms with van der Waals surface area (Å²) in [5, 5.41) is 9.76. The van der Waals surface area contributed by atoms with Crippen LogP contribution in [0.25, 0.3) is 11.1 Å². The third kappa shape index (κ3) is 6.16. The van der Waals surface area contributed by atoms with E-state index < -0.39 is 11.7 Å². The van der Waals surface area contributed by atoms with Crippen LogP contribution >= 0.6 is 0 Å². The van der Waals surface area contributed by atoms with Gasteiger partial charge in [0.15, 0.2) is 0 Å². The van der Waals surface area contributed by atoms with Gasteiger partial charge < -0.3 is 24.7 Å². The number of piperidine rings is 2. The molecule has 1 atom stereocenters. The third-order valence-electron chi connectivity index (χ3n) is 8.06. The van der Waals surface area contributed by atoms with E-state index in [1.165, 1.54) is 6.07 Å². The molecule has 0 spiro atoms. The molecule has 216 valence electrons. The molecule has 12 heteroatoms. The maximum Gasteiger partial charge on any atom is 0.416 e. The Morgan fingerprint density at radius 3 is 2.40 bits per heavy atom. The van der Waals surface area contributed by atoms with Gasteiger partial charge in [-0.1, -0.05) is 0 Å². The first kappa shape index (κ1) is 28.1. The summed E-state index contributed by atoms with van der Waals surface area (Å²) in [6.07, 6.45) is 1.69. The lowest BCUT2D eigenvalue weighted by molar-refractivity contribution is -0.143. The average Bonchev–Trinajstić information content (AvgIpc) is 2.94. The van der Waals surface area contributed by atoms with Crippen molar-refractivity contribution in [2.45, 2.75) is 57.3 Å². The topological polar surface area (TPSA) is 93.1 Å². The van der Waals surface area contributed by atoms with E-state index in [-0.39, 0.29) is 30.5 Å². The predicted molar refractivity (Wildman–Crippen MR) is 144 cm³/mol. The number of carbonyl (C=O) groups is 2. The van der Waals surface area contributed by atoms with Crippen LogP contribution in [0.2, 0.25) is 0 Å². The van der Waals surface area contributed by atoms with E-state index in [9.17, 15) is 27.9 Å². The molecule has 3 aliphatic heterocycles. The fourth-order valence-electron chi connectivity index (χ4n) is 5.74. The largest absolute Gasteiger partial charge is 0.416 e. The summed E-state index contributed by atoms with van der Waals surface area (Å²) in [6, 6.07) is 3.51. The van der Waals surface area contributed by atoms with Crippen molar-refractivity contribution in [3.8, 4) is 11.1 Å². The zero-order chi connectivity index (χ0) is 28.4. The van der Waals surface area contributed by atoms with Gasteiger partial charge in [0, 0.05) is 80.9 Å². The van der Waals surface area contributed by atoms with Gasteiger partial charge in [0.1, 0.15) is 0 Å². The van der Waals surface area contributed by atoms with E-state index in [2.05, 4.69) is 9.97 Å². The van der Waals surface area contributed by atoms with Crippen LogP contribution in [0.5, 0.6) is 0 Å². The van der Waals surface area contributed by atoms with Crippen LogP contribution in [0.1, 0.15) is 44.6 Å². The highest BCUT2D eigenvalue weighted by Gasteiger charge is 2.34. The van der Waals surface area contributed by atoms with Crippen molar-refractivity contribution in [3.63, 3.8) is 0 Å². The smallest absolute Gasteiger partial charge is 0.393 e. The second-order valence-electron chi connectivity index (χ2n) is 10.9. The molecule has 1 aromatic carbocycles. The lowest BCUT2D eigenvalue weighted by Gasteiger charge is -2.42. The number of hydrogen-bond acceptors (Lipinski definition) is 7. The second-order valence-corrected chi connectivity index (χ2v) is 10.9. The minimum absolute atomic E-state index is 0.00593. The number of rotatable bonds is 5. The van der Waals surface area contributed by atoms with Crippen LogP contribution in [-0.2, 0) is 15.8 Å². The fourth-order valence-corrected chi connectivity index (χ4v) is 5.74. The van der Waals surface area contributed by atoms with Gasteiger partial charge >= 0.3 is 6.18 Å². The molecule has 2 aromatic rings. The third-order valence-corrected chi connectivity index (χ3v) is 8.06. The van der Waals surface area contributed by atoms with E-state index in [0.717, 1.165) is 25.0 Å². The Balaban J connectivity index is 1.34. The molecule has 0 radical (unpaired) electrons. The van der Waals surface area contributed by atoms with E-state index in [1.54, 1.807) is 22.2 Å². The molecule has 0 saturated carbocycles. The van der Waals surface area contributed by atoms with E-state index >= 15 is 0 Å². The van der Waals surface area contributed by atoms with E-state index in [1.807, 2.05) is 16.7 Å². The minimum atomic E-state index is -4.51. The summed E-state index contributed by atoms with van der Waals surface area (Å²) < 4.78 is 41.0. The van der Waals surface area contributed by atoms with E-state index in [0.29, 0.717) is 81.3 Å². The number of carbonyl (C=O) groups excluding carboxylic acids is 2. The quantitative estimate of drug-likeness (QED) is 0.601. The number of aliphatic hydroxyl groups excluding tert-OH is 1. The summed E-state index contributed by atoms with van der Waals surface area (Å²) in [5.41, 5.74) is 0.710. The van der Waals surface area contributed by atoms with Gasteiger partial charge in [-0.25, -0.2) is 9.97 Å². The standard InChI is InChI=1S/C28H35F3N6O3/c1-19-17-35(12-13-37(19)26(40)18-36-9-3-2-4-25(36)39)24-6-5-21(28(29,30)31)14-23(24)20-15-32-27(33-16-20)34-10-7-22(38)8-11-34/h5-6,14-16,19,22,38H,2-4,7-13,17-18H2,1H3. The number of nitrogens with zero attached hydrogens (tertiary/aromatic N) is 6. The fraction of sp³-hybridized carbons (Fsp3) is 0.571. The Morgan fingerprint density at radius 1 is 1.02 bits per heavy atom. The van der Waals surface area contributed by atoms with Gasteiger partial charge in [0.2, 0.25) is 17.8 Å². The molecule has 1 aromatic heterocycles. The first-order valence-electron chi connectivity index (χ1n) is 13.9. The number of aromatic nitrogens is 2. The number of benzene rings is 1. The molecule has 9 nitrogen and oxygen atoms in total. The van der Waals surface area contributed by atoms with Gasteiger partial charge in [-0.15, -0.1) is 0 Å². The molecule has 4 heterocycles. The number of piperazine rings is 1. The summed E-state index contributed by atoms with van der Waals surface area (Å²) >= 11 is 0. The zero-order valence-corrected chi connectivity index (χ0v) is 22.6. The highest BCUT2D eigenvalue weighted by atomic mass is 19.4. The van der Waals surface area contributed by atoms with Crippen molar-refractivity contribution in [2.75, 3.05) is 55.6 Å². The van der Waals surface area contributed by atoms with Gasteiger partial charge in [0.05, 0.1) is 18.2 Å². The van der Waals surface area contributed by atoms with Crippen LogP contribution in [0.15, 0.2) is 30.6 Å². The molecule has 0 aliphatic carbocycles. The van der Waals surface area contributed by atoms with E-state index in [4.69, 9.17) is 0 Å². The normalized spacial score (nSPS) is 21.2. The van der Waals surface area contributed by atoms with Crippen LogP contribution < -0.4 is 9.80 Å². The Hall–Kier alpha value is -3.41. The van der Waals surface area contributed by atoms with Crippen LogP contribution in [0.4, 0.5) is 24.8 Å². The Kier molecular flexibility index (Phi) is 8.16. The van der Waals surface area contributed by atoms with Crippen molar-refractivity contribution >= 4 is 23.5 Å². The molecule has 1 unspecified atom stereocenters. The SMILES string of the molecule is CC1CN(c2ccc(C(F)(F)F)cc2-c2cnc(N3CCC(O)CC3)nc2)CCN1C(=O)CN1CCCCC1=O. The second kappa shape index (κ2) is 11.6. The van der Waals surface area contributed by atoms with Crippen LogP contribution in [0, 0.1) is 0 Å². The maximum atomic E-state index is 13.7. The molecule has 1 N–H and O–H groups in total. The molecule has 3 fully saturated rings. The number of aliphatic hydroxyl groups is 1. The molecule has 3 aliphatic rings. The van der Waals surface area contributed by atoms with Gasteiger partial charge in [-0.3, -0.25) is 9.59 Å². The number of anilines is 2. The van der Waals surface area contributed by atoms with Crippen molar-refractivity contribution < 1.29 is 27.9 Å². The first-order chi connectivity index (χ1) is 19.1. The van der Waals surface area contributed by atoms with Crippen molar-refractivity contribution in [1.29, 1.82) is 0 Å². The van der Waals surface area contributed by atoms with Gasteiger partial charge in [-0.2, -0.15) is 13.2 Å². The lowest BCUT2D eigenvalue weighted by Crippen LogP contribution is -2.56. The average molecular weight is 561 g/mol. The number of hydrogen-bond donors (Lipinski definition) is 1. The van der Waals surface area contributed by atoms with Crippen LogP contribution in [0.3, 0.4) is 0 Å². The van der Waals surface area contributed by atoms with Crippen molar-refractivity contribution in [2.24, 2.45) is 0 Å². The van der Waals surface area contributed by atoms with Crippen LogP contribution in [-0.4, -0.2) is 94.6 Å². The molecule has 5 rings (SSSR count). The van der Waals surface area contributed by atoms with Crippen molar-refractivity contribution in [3.05, 3.63) is 36.2 Å². The number of amides is 2. The molecule has 0 bridgehead atoms. The predicted octanol–water partition coefficient (Wildman–Crippen LogP) is 3.17. The van der Waals surface area contributed by atoms with Gasteiger partial charge in [0.25, 0.3) is 0 Å². The van der Waals surface area contributed by atoms with Gasteiger partial charge in [-0.05, 0) is 50.8 Å². The Labute approximate surface area is 231 Å². The molecule has 2 amide bonds. The first-order valence-corrected chi connectivity index (χ1v) is 13.9. The number of halogens is 3. The molecule has 40 heavy (non-hydrogen) atoms. The summed E-state index contributed by atoms with van der Waals surface area (Å²) in [5.74, 6) is 0.382. The highest BCUT2D eigenvalue weighted by molar-refractivity contribution is 5.86. The number of likely N-dealkylation sites (tertiary alicyclic amines) is 1. The zero-order valence-electron chi connectivity index (χ0n) is 22.6. The Morgan fingerprint density at radius 2 is 1.75 bits per heavy atom. The lowest BCUT2D eigenvalue weighted by atomic mass is 10.0. The highest BCUT2D eigenvalue weighted by Crippen LogP contribution is 2.38. The summed E-state index contributed by atoms with van der Waals surface area (Å²) in [4.78, 5) is 41.4. The maximum absolute atomic E-state index is 13.7. The molecule has 3 saturated heterocycles. The number of alkyl halides is 3. The summed E-state index contributed by atoms with van der Waals surface area (Å²) in [7, 11) is 0. The monoisotopic (exact) mass is 560 g/mol. The molecular formula is C28H35F3N6O3. The summed E-state index contributed by atoms with van der Waals surface area (Å²) in [6.45, 7) is 5.08.